The Bertz CT molecular complexity index is 63.4. The molecule has 0 aromatic rings. The standard InChI is InChI=1S/C5H12NOSi/c8-5-6-1-3-7-4-2-6/h1-5,8H2. The minimum Gasteiger partial charge on any atom is -0.379 e. The SMILES string of the molecule is [SiH2]CN1CCOCC1. The lowest BCUT2D eigenvalue weighted by molar-refractivity contribution is 0.0466. The smallest absolute Gasteiger partial charge is 0.0593 e. The molecule has 0 aliphatic carbocycles. The Labute approximate surface area is 53.2 Å². The van der Waals surface area contributed by atoms with Gasteiger partial charge in [0.25, 0.3) is 0 Å². The average Bonchev–Trinajstić information content (AvgIpc) is 1.90. The fourth-order valence-corrected chi connectivity index (χ4v) is 1.27. The third-order valence-electron chi connectivity index (χ3n) is 1.42. The maximum Gasteiger partial charge on any atom is 0.0593 e. The molecule has 0 N–H and O–H groups in total. The van der Waals surface area contributed by atoms with Crippen LogP contribution in [-0.2, 0) is 4.74 Å². The van der Waals surface area contributed by atoms with Crippen molar-refractivity contribution in [3.63, 3.8) is 0 Å². The monoisotopic (exact) mass is 130 g/mol. The highest BCUT2D eigenvalue weighted by Gasteiger charge is 2.05. The Morgan fingerprint density at radius 1 is 1.38 bits per heavy atom. The van der Waals surface area contributed by atoms with Gasteiger partial charge in [0.2, 0.25) is 0 Å². The highest BCUT2D eigenvalue weighted by atomic mass is 28.1. The second kappa shape index (κ2) is 3.22. The van der Waals surface area contributed by atoms with Crippen molar-refractivity contribution in [3.8, 4) is 0 Å². The second-order valence-corrected chi connectivity index (χ2v) is 2.40. The van der Waals surface area contributed by atoms with Crippen LogP contribution in [0.1, 0.15) is 0 Å². The first-order valence-electron chi connectivity index (χ1n) is 3.03. The van der Waals surface area contributed by atoms with Gasteiger partial charge in [-0.1, -0.05) is 0 Å². The third kappa shape index (κ3) is 1.58. The minimum atomic E-state index is 0.929. The van der Waals surface area contributed by atoms with Crippen molar-refractivity contribution in [2.45, 2.75) is 0 Å². The molecule has 1 saturated heterocycles. The summed E-state index contributed by atoms with van der Waals surface area (Å²) in [6.45, 7) is 4.11. The third-order valence-corrected chi connectivity index (χ3v) is 2.05. The van der Waals surface area contributed by atoms with Crippen molar-refractivity contribution in [3.05, 3.63) is 0 Å². The molecule has 1 aliphatic heterocycles. The zero-order valence-corrected chi connectivity index (χ0v) is 6.51. The van der Waals surface area contributed by atoms with Crippen LogP contribution in [0.2, 0.25) is 0 Å². The molecular formula is C5H12NOSi. The van der Waals surface area contributed by atoms with Crippen LogP contribution in [0.15, 0.2) is 0 Å². The van der Waals surface area contributed by atoms with Gasteiger partial charge in [0.05, 0.1) is 13.2 Å². The van der Waals surface area contributed by atoms with Crippen LogP contribution in [0.25, 0.3) is 0 Å². The molecule has 0 atom stereocenters. The summed E-state index contributed by atoms with van der Waals surface area (Å²) in [5, 5.41) is 0. The lowest BCUT2D eigenvalue weighted by atomic mass is 10.5. The van der Waals surface area contributed by atoms with Crippen molar-refractivity contribution in [2.24, 2.45) is 0 Å². The molecule has 1 fully saturated rings. The predicted molar refractivity (Wildman–Crippen MR) is 35.8 cm³/mol. The molecule has 3 heteroatoms. The summed E-state index contributed by atoms with van der Waals surface area (Å²) >= 11 is 0. The summed E-state index contributed by atoms with van der Waals surface area (Å²) in [6, 6.07) is 0. The highest BCUT2D eigenvalue weighted by Crippen LogP contribution is 1.92. The Balaban J connectivity index is 2.13. The van der Waals surface area contributed by atoms with Gasteiger partial charge in [-0.05, 0) is 6.17 Å². The molecule has 0 bridgehead atoms. The number of nitrogens with zero attached hydrogens (tertiary/aromatic N) is 1. The van der Waals surface area contributed by atoms with E-state index < -0.39 is 0 Å². The predicted octanol–water partition coefficient (Wildman–Crippen LogP) is -1.09. The van der Waals surface area contributed by atoms with E-state index in [1.54, 1.807) is 0 Å². The van der Waals surface area contributed by atoms with Gasteiger partial charge in [0.15, 0.2) is 0 Å². The van der Waals surface area contributed by atoms with Crippen LogP contribution < -0.4 is 0 Å². The molecule has 47 valence electrons. The van der Waals surface area contributed by atoms with Crippen molar-refractivity contribution in [1.82, 2.24) is 4.90 Å². The Hall–Kier alpha value is 0.137. The second-order valence-electron chi connectivity index (χ2n) is 1.95. The maximum absolute atomic E-state index is 5.16. The molecule has 0 unspecified atom stereocenters. The van der Waals surface area contributed by atoms with E-state index in [0.29, 0.717) is 0 Å². The van der Waals surface area contributed by atoms with E-state index in [1.807, 2.05) is 10.2 Å². The van der Waals surface area contributed by atoms with E-state index in [1.165, 1.54) is 6.17 Å². The molecule has 1 radical (unpaired) electrons. The summed E-state index contributed by atoms with van der Waals surface area (Å²) in [4.78, 5) is 2.40. The Morgan fingerprint density at radius 3 is 2.38 bits per heavy atom. The van der Waals surface area contributed by atoms with E-state index in [-0.39, 0.29) is 0 Å². The topological polar surface area (TPSA) is 12.5 Å². The fourth-order valence-electron chi connectivity index (χ4n) is 0.825. The zero-order chi connectivity index (χ0) is 5.82. The molecule has 1 aliphatic rings. The van der Waals surface area contributed by atoms with Crippen LogP contribution in [0.3, 0.4) is 0 Å². The summed E-state index contributed by atoms with van der Waals surface area (Å²) in [7, 11) is 2.01. The highest BCUT2D eigenvalue weighted by molar-refractivity contribution is 6.08. The maximum atomic E-state index is 5.16. The lowest BCUT2D eigenvalue weighted by Gasteiger charge is -2.24. The average molecular weight is 130 g/mol. The van der Waals surface area contributed by atoms with Gasteiger partial charge in [0.1, 0.15) is 0 Å². The van der Waals surface area contributed by atoms with Gasteiger partial charge in [0, 0.05) is 23.3 Å². The van der Waals surface area contributed by atoms with E-state index >= 15 is 0 Å². The van der Waals surface area contributed by atoms with Gasteiger partial charge in [-0.2, -0.15) is 0 Å². The molecule has 1 rings (SSSR count). The van der Waals surface area contributed by atoms with Crippen LogP contribution in [0.4, 0.5) is 0 Å². The number of hydrogen-bond donors (Lipinski definition) is 0. The van der Waals surface area contributed by atoms with E-state index in [0.717, 1.165) is 26.3 Å². The number of rotatable bonds is 1. The van der Waals surface area contributed by atoms with Crippen molar-refractivity contribution >= 4 is 10.2 Å². The summed E-state index contributed by atoms with van der Waals surface area (Å²) in [5.74, 6) is 0. The number of hydrogen-bond acceptors (Lipinski definition) is 2. The number of ether oxygens (including phenoxy) is 1. The number of morpholine rings is 1. The molecule has 2 nitrogen and oxygen atoms in total. The van der Waals surface area contributed by atoms with Crippen LogP contribution in [0, 0.1) is 0 Å². The molecule has 0 saturated carbocycles. The largest absolute Gasteiger partial charge is 0.379 e. The Kier molecular flexibility index (Phi) is 2.52. The fraction of sp³-hybridized carbons (Fsp3) is 1.00. The minimum absolute atomic E-state index is 0.929. The lowest BCUT2D eigenvalue weighted by Crippen LogP contribution is -2.36. The van der Waals surface area contributed by atoms with Crippen molar-refractivity contribution in [1.29, 1.82) is 0 Å². The molecule has 0 aromatic carbocycles. The van der Waals surface area contributed by atoms with Crippen molar-refractivity contribution < 1.29 is 4.74 Å². The normalized spacial score (nSPS) is 23.6. The molecule has 0 aromatic heterocycles. The quantitative estimate of drug-likeness (QED) is 0.418. The van der Waals surface area contributed by atoms with Crippen LogP contribution >= 0.6 is 0 Å². The molecule has 1 heterocycles. The zero-order valence-electron chi connectivity index (χ0n) is 5.10. The first kappa shape index (κ1) is 6.26. The van der Waals surface area contributed by atoms with Crippen LogP contribution in [-0.4, -0.2) is 47.6 Å². The van der Waals surface area contributed by atoms with Crippen LogP contribution in [0.5, 0.6) is 0 Å². The molecule has 8 heavy (non-hydrogen) atoms. The van der Waals surface area contributed by atoms with Gasteiger partial charge in [-0.3, -0.25) is 0 Å². The van der Waals surface area contributed by atoms with Gasteiger partial charge in [-0.15, -0.1) is 0 Å². The van der Waals surface area contributed by atoms with Gasteiger partial charge in [-0.25, -0.2) is 0 Å². The first-order chi connectivity index (χ1) is 3.93. The van der Waals surface area contributed by atoms with E-state index in [2.05, 4.69) is 4.90 Å². The first-order valence-corrected chi connectivity index (χ1v) is 4.03. The van der Waals surface area contributed by atoms with Gasteiger partial charge < -0.3 is 9.64 Å². The van der Waals surface area contributed by atoms with Crippen molar-refractivity contribution in [2.75, 3.05) is 32.5 Å². The van der Waals surface area contributed by atoms with E-state index in [4.69, 9.17) is 4.74 Å². The molecule has 0 spiro atoms. The van der Waals surface area contributed by atoms with Gasteiger partial charge >= 0.3 is 0 Å². The summed E-state index contributed by atoms with van der Waals surface area (Å²) < 4.78 is 5.16. The summed E-state index contributed by atoms with van der Waals surface area (Å²) in [5.41, 5.74) is 0. The van der Waals surface area contributed by atoms with E-state index in [9.17, 15) is 0 Å². The Morgan fingerprint density at radius 2 is 2.00 bits per heavy atom. The molecule has 0 amide bonds. The summed E-state index contributed by atoms with van der Waals surface area (Å²) in [6.07, 6.45) is 1.20. The molecular weight excluding hydrogens is 118 g/mol.